The van der Waals surface area contributed by atoms with Crippen molar-refractivity contribution in [2.75, 3.05) is 39.8 Å². The Morgan fingerprint density at radius 2 is 2.33 bits per heavy atom. The molecule has 0 amide bonds. The second kappa shape index (κ2) is 7.29. The lowest BCUT2D eigenvalue weighted by molar-refractivity contribution is -0.138. The van der Waals surface area contributed by atoms with Crippen molar-refractivity contribution in [1.29, 1.82) is 0 Å². The molecule has 1 fully saturated rings. The summed E-state index contributed by atoms with van der Waals surface area (Å²) >= 11 is 0. The molecule has 0 bridgehead atoms. The van der Waals surface area contributed by atoms with E-state index in [2.05, 4.69) is 33.5 Å². The molecule has 7 nitrogen and oxygen atoms in total. The molecule has 3 rings (SSSR count). The van der Waals surface area contributed by atoms with Crippen LogP contribution in [-0.2, 0) is 16.1 Å². The summed E-state index contributed by atoms with van der Waals surface area (Å²) in [7, 11) is 1.81. The molecule has 1 aliphatic rings. The highest BCUT2D eigenvalue weighted by Crippen LogP contribution is 2.13. The van der Waals surface area contributed by atoms with E-state index in [0.29, 0.717) is 13.2 Å². The molecule has 7 heteroatoms. The largest absolute Gasteiger partial charge is 0.480 e. The minimum absolute atomic E-state index is 0.0295. The summed E-state index contributed by atoms with van der Waals surface area (Å²) in [6, 6.07) is 6.10. The van der Waals surface area contributed by atoms with E-state index in [1.165, 1.54) is 5.69 Å². The summed E-state index contributed by atoms with van der Waals surface area (Å²) < 4.78 is 7.88. The highest BCUT2D eigenvalue weighted by atomic mass is 16.5. The number of carboxylic acid groups (broad SMARTS) is 1. The summed E-state index contributed by atoms with van der Waals surface area (Å²) in [5, 5.41) is 8.85. The van der Waals surface area contributed by atoms with Crippen molar-refractivity contribution in [3.63, 3.8) is 0 Å². The summed E-state index contributed by atoms with van der Waals surface area (Å²) in [5.41, 5.74) is 3.18. The zero-order chi connectivity index (χ0) is 17.1. The van der Waals surface area contributed by atoms with E-state index in [1.807, 2.05) is 12.1 Å². The number of hydrogen-bond acceptors (Lipinski definition) is 5. The number of carboxylic acids is 1. The van der Waals surface area contributed by atoms with Gasteiger partial charge in [-0.25, -0.2) is 4.98 Å². The first-order chi connectivity index (χ1) is 11.5. The van der Waals surface area contributed by atoms with Crippen LogP contribution in [0.5, 0.6) is 0 Å². The maximum atomic E-state index is 10.8. The number of fused-ring (bicyclic) bond motifs is 1. The average Bonchev–Trinajstić information content (AvgIpc) is 2.90. The standard InChI is InChI=1S/C17H24N4O3/c1-13-4-3-5-16-18-14(9-21(13)16)8-20-6-7-24-15(11-20)10-19(2)12-17(22)23/h3-5,9,15H,6-8,10-12H2,1-2H3,(H,22,23). The third-order valence-electron chi connectivity index (χ3n) is 4.27. The summed E-state index contributed by atoms with van der Waals surface area (Å²) in [6.07, 6.45) is 2.12. The first-order valence-electron chi connectivity index (χ1n) is 8.19. The van der Waals surface area contributed by atoms with Crippen LogP contribution in [0.3, 0.4) is 0 Å². The average molecular weight is 332 g/mol. The van der Waals surface area contributed by atoms with E-state index in [9.17, 15) is 4.79 Å². The molecule has 130 valence electrons. The number of pyridine rings is 1. The minimum Gasteiger partial charge on any atom is -0.480 e. The molecule has 3 heterocycles. The Balaban J connectivity index is 1.60. The molecule has 0 aliphatic carbocycles. The van der Waals surface area contributed by atoms with Gasteiger partial charge in [0.25, 0.3) is 0 Å². The zero-order valence-electron chi connectivity index (χ0n) is 14.2. The van der Waals surface area contributed by atoms with Crippen LogP contribution in [0.25, 0.3) is 5.65 Å². The molecule has 1 aliphatic heterocycles. The maximum Gasteiger partial charge on any atom is 0.317 e. The van der Waals surface area contributed by atoms with Crippen molar-refractivity contribution in [3.8, 4) is 0 Å². The van der Waals surface area contributed by atoms with Gasteiger partial charge in [0.1, 0.15) is 5.65 Å². The topological polar surface area (TPSA) is 70.3 Å². The molecule has 1 N–H and O–H groups in total. The molecule has 1 atom stereocenters. The third kappa shape index (κ3) is 4.11. The number of aryl methyl sites for hydroxylation is 1. The third-order valence-corrected chi connectivity index (χ3v) is 4.27. The van der Waals surface area contributed by atoms with E-state index < -0.39 is 5.97 Å². The van der Waals surface area contributed by atoms with Crippen LogP contribution in [0, 0.1) is 6.92 Å². The normalized spacial score (nSPS) is 19.2. The van der Waals surface area contributed by atoms with E-state index in [0.717, 1.165) is 31.0 Å². The van der Waals surface area contributed by atoms with Crippen molar-refractivity contribution >= 4 is 11.6 Å². The highest BCUT2D eigenvalue weighted by Gasteiger charge is 2.23. The number of ether oxygens (including phenoxy) is 1. The summed E-state index contributed by atoms with van der Waals surface area (Å²) in [4.78, 5) is 19.6. The molecule has 0 saturated carbocycles. The van der Waals surface area contributed by atoms with Crippen LogP contribution in [0.4, 0.5) is 0 Å². The van der Waals surface area contributed by atoms with Crippen LogP contribution >= 0.6 is 0 Å². The van der Waals surface area contributed by atoms with E-state index >= 15 is 0 Å². The molecule has 1 unspecified atom stereocenters. The number of imidazole rings is 1. The lowest BCUT2D eigenvalue weighted by Gasteiger charge is -2.34. The van der Waals surface area contributed by atoms with Crippen LogP contribution in [0.1, 0.15) is 11.4 Å². The number of aliphatic carboxylic acids is 1. The van der Waals surface area contributed by atoms with Crippen molar-refractivity contribution in [1.82, 2.24) is 19.2 Å². The smallest absolute Gasteiger partial charge is 0.317 e. The Hall–Kier alpha value is -1.96. The van der Waals surface area contributed by atoms with Crippen LogP contribution in [0.2, 0.25) is 0 Å². The minimum atomic E-state index is -0.815. The number of rotatable bonds is 6. The molecular weight excluding hydrogens is 308 g/mol. The summed E-state index contributed by atoms with van der Waals surface area (Å²) in [5.74, 6) is -0.815. The quantitative estimate of drug-likeness (QED) is 0.846. The van der Waals surface area contributed by atoms with E-state index in [1.54, 1.807) is 11.9 Å². The number of morpholine rings is 1. The molecule has 0 spiro atoms. The number of carbonyl (C=O) groups is 1. The highest BCUT2D eigenvalue weighted by molar-refractivity contribution is 5.69. The number of aromatic nitrogens is 2. The Morgan fingerprint density at radius 3 is 3.08 bits per heavy atom. The van der Waals surface area contributed by atoms with Gasteiger partial charge in [-0.3, -0.25) is 14.6 Å². The number of likely N-dealkylation sites (N-methyl/N-ethyl adjacent to an activating group) is 1. The fourth-order valence-electron chi connectivity index (χ4n) is 3.18. The van der Waals surface area contributed by atoms with E-state index in [4.69, 9.17) is 9.84 Å². The predicted octanol–water partition coefficient (Wildman–Crippen LogP) is 0.860. The molecule has 24 heavy (non-hydrogen) atoms. The molecule has 2 aromatic rings. The maximum absolute atomic E-state index is 10.8. The van der Waals surface area contributed by atoms with Gasteiger partial charge in [-0.1, -0.05) is 6.07 Å². The lowest BCUT2D eigenvalue weighted by Crippen LogP contribution is -2.47. The van der Waals surface area contributed by atoms with Crippen molar-refractivity contribution in [2.24, 2.45) is 0 Å². The van der Waals surface area contributed by atoms with Gasteiger partial charge in [0, 0.05) is 38.1 Å². The molecule has 0 aromatic carbocycles. The predicted molar refractivity (Wildman–Crippen MR) is 90.1 cm³/mol. The van der Waals surface area contributed by atoms with Gasteiger partial charge >= 0.3 is 5.97 Å². The second-order valence-corrected chi connectivity index (χ2v) is 6.45. The molecule has 2 aromatic heterocycles. The number of nitrogens with zero attached hydrogens (tertiary/aromatic N) is 4. The molecule has 0 radical (unpaired) electrons. The molecule has 1 saturated heterocycles. The van der Waals surface area contributed by atoms with Crippen molar-refractivity contribution in [2.45, 2.75) is 19.6 Å². The Bertz CT molecular complexity index is 715. The monoisotopic (exact) mass is 332 g/mol. The van der Waals surface area contributed by atoms with E-state index in [-0.39, 0.29) is 12.6 Å². The van der Waals surface area contributed by atoms with Gasteiger partial charge < -0.3 is 14.2 Å². The van der Waals surface area contributed by atoms with Crippen LogP contribution in [-0.4, -0.2) is 76.2 Å². The van der Waals surface area contributed by atoms with Crippen molar-refractivity contribution in [3.05, 3.63) is 35.8 Å². The Morgan fingerprint density at radius 1 is 1.50 bits per heavy atom. The fourth-order valence-corrected chi connectivity index (χ4v) is 3.18. The lowest BCUT2D eigenvalue weighted by atomic mass is 10.2. The van der Waals surface area contributed by atoms with Gasteiger partial charge in [-0.15, -0.1) is 0 Å². The Kier molecular flexibility index (Phi) is 5.13. The summed E-state index contributed by atoms with van der Waals surface area (Å²) in [6.45, 7) is 5.82. The van der Waals surface area contributed by atoms with Gasteiger partial charge in [0.05, 0.1) is 24.9 Å². The zero-order valence-corrected chi connectivity index (χ0v) is 14.2. The van der Waals surface area contributed by atoms with Crippen LogP contribution in [0.15, 0.2) is 24.4 Å². The van der Waals surface area contributed by atoms with Crippen LogP contribution < -0.4 is 0 Å². The Labute approximate surface area is 141 Å². The fraction of sp³-hybridized carbons (Fsp3) is 0.529. The SMILES string of the molecule is Cc1cccc2nc(CN3CCOC(CN(C)CC(=O)O)C3)cn12. The van der Waals surface area contributed by atoms with Gasteiger partial charge in [-0.05, 0) is 26.1 Å². The van der Waals surface area contributed by atoms with Crippen molar-refractivity contribution < 1.29 is 14.6 Å². The van der Waals surface area contributed by atoms with Gasteiger partial charge in [0.15, 0.2) is 0 Å². The first kappa shape index (κ1) is 16.9. The van der Waals surface area contributed by atoms with Gasteiger partial charge in [-0.2, -0.15) is 0 Å². The first-order valence-corrected chi connectivity index (χ1v) is 8.19. The molecular formula is C17H24N4O3. The van der Waals surface area contributed by atoms with Gasteiger partial charge in [0.2, 0.25) is 0 Å². The second-order valence-electron chi connectivity index (χ2n) is 6.45. The number of hydrogen-bond donors (Lipinski definition) is 1.